The molecule has 1 aliphatic heterocycles. The van der Waals surface area contributed by atoms with Crippen molar-refractivity contribution in [3.8, 4) is 0 Å². The SMILES string of the molecule is O=C(CN1c2ccccc2NC2=C(C(=O)CCC2)[C@H]1c1ccco1)NCc1ccc(F)cc1. The highest BCUT2D eigenvalue weighted by molar-refractivity contribution is 6.01. The molecule has 7 heteroatoms. The number of carbonyl (C=O) groups is 2. The van der Waals surface area contributed by atoms with E-state index in [4.69, 9.17) is 4.42 Å². The zero-order valence-electron chi connectivity index (χ0n) is 18.0. The van der Waals surface area contributed by atoms with Crippen LogP contribution in [-0.2, 0) is 16.1 Å². The third kappa shape index (κ3) is 4.26. The van der Waals surface area contributed by atoms with Gasteiger partial charge in [-0.15, -0.1) is 0 Å². The molecule has 33 heavy (non-hydrogen) atoms. The van der Waals surface area contributed by atoms with Crippen LogP contribution < -0.4 is 15.5 Å². The summed E-state index contributed by atoms with van der Waals surface area (Å²) in [7, 11) is 0. The van der Waals surface area contributed by atoms with E-state index >= 15 is 0 Å². The fourth-order valence-corrected chi connectivity index (χ4v) is 4.53. The molecule has 168 valence electrons. The van der Waals surface area contributed by atoms with Crippen LogP contribution in [0, 0.1) is 5.82 Å². The van der Waals surface area contributed by atoms with Crippen LogP contribution in [0.3, 0.4) is 0 Å². The summed E-state index contributed by atoms with van der Waals surface area (Å²) in [6, 6.07) is 16.9. The van der Waals surface area contributed by atoms with E-state index in [9.17, 15) is 14.0 Å². The van der Waals surface area contributed by atoms with Gasteiger partial charge in [-0.25, -0.2) is 4.39 Å². The second-order valence-corrected chi connectivity index (χ2v) is 8.26. The molecular formula is C26H24FN3O3. The molecule has 0 spiro atoms. The first-order valence-electron chi connectivity index (χ1n) is 11.0. The highest BCUT2D eigenvalue weighted by Crippen LogP contribution is 2.44. The van der Waals surface area contributed by atoms with Crippen LogP contribution in [0.5, 0.6) is 0 Å². The molecule has 2 N–H and O–H groups in total. The second-order valence-electron chi connectivity index (χ2n) is 8.26. The highest BCUT2D eigenvalue weighted by Gasteiger charge is 2.38. The Morgan fingerprint density at radius 2 is 1.91 bits per heavy atom. The van der Waals surface area contributed by atoms with Gasteiger partial charge >= 0.3 is 0 Å². The summed E-state index contributed by atoms with van der Waals surface area (Å²) in [6.07, 6.45) is 3.60. The minimum Gasteiger partial charge on any atom is -0.467 e. The molecule has 6 nitrogen and oxygen atoms in total. The molecule has 2 aromatic carbocycles. The summed E-state index contributed by atoms with van der Waals surface area (Å²) in [4.78, 5) is 28.1. The zero-order valence-corrected chi connectivity index (χ0v) is 18.0. The Balaban J connectivity index is 1.50. The van der Waals surface area contributed by atoms with Gasteiger partial charge in [-0.2, -0.15) is 0 Å². The number of ketones is 1. The van der Waals surface area contributed by atoms with Crippen LogP contribution in [0.2, 0.25) is 0 Å². The van der Waals surface area contributed by atoms with Crippen molar-refractivity contribution in [2.75, 3.05) is 16.8 Å². The quantitative estimate of drug-likeness (QED) is 0.595. The lowest BCUT2D eigenvalue weighted by Crippen LogP contribution is -2.41. The second kappa shape index (κ2) is 8.94. The van der Waals surface area contributed by atoms with E-state index in [-0.39, 0.29) is 30.6 Å². The lowest BCUT2D eigenvalue weighted by molar-refractivity contribution is -0.120. The van der Waals surface area contributed by atoms with Crippen LogP contribution in [0.15, 0.2) is 82.6 Å². The molecule has 1 aromatic heterocycles. The maximum absolute atomic E-state index is 13.2. The third-order valence-corrected chi connectivity index (χ3v) is 6.07. The average molecular weight is 445 g/mol. The number of allylic oxidation sites excluding steroid dienone is 1. The minimum absolute atomic E-state index is 0.0231. The van der Waals surface area contributed by atoms with Crippen LogP contribution in [0.25, 0.3) is 0 Å². The normalized spacial score (nSPS) is 17.7. The fraction of sp³-hybridized carbons (Fsp3) is 0.231. The minimum atomic E-state index is -0.518. The Morgan fingerprint density at radius 3 is 2.70 bits per heavy atom. The Morgan fingerprint density at radius 1 is 1.09 bits per heavy atom. The van der Waals surface area contributed by atoms with Crippen molar-refractivity contribution in [2.24, 2.45) is 0 Å². The van der Waals surface area contributed by atoms with Crippen molar-refractivity contribution in [3.05, 3.63) is 95.3 Å². The van der Waals surface area contributed by atoms with Crippen molar-refractivity contribution in [3.63, 3.8) is 0 Å². The smallest absolute Gasteiger partial charge is 0.239 e. The number of amides is 1. The van der Waals surface area contributed by atoms with Gasteiger partial charge in [0.05, 0.1) is 24.2 Å². The van der Waals surface area contributed by atoms with Gasteiger partial charge in [0.2, 0.25) is 5.91 Å². The van der Waals surface area contributed by atoms with Crippen LogP contribution in [-0.4, -0.2) is 18.2 Å². The van der Waals surface area contributed by atoms with Gasteiger partial charge in [-0.05, 0) is 54.8 Å². The van der Waals surface area contributed by atoms with E-state index in [2.05, 4.69) is 10.6 Å². The van der Waals surface area contributed by atoms with Crippen molar-refractivity contribution in [1.29, 1.82) is 0 Å². The number of nitrogens with one attached hydrogen (secondary N) is 2. The van der Waals surface area contributed by atoms with Gasteiger partial charge in [0, 0.05) is 24.2 Å². The third-order valence-electron chi connectivity index (χ3n) is 6.07. The molecule has 0 saturated heterocycles. The maximum Gasteiger partial charge on any atom is 0.239 e. The standard InChI is InChI=1S/C26H24FN3O3/c27-18-12-10-17(11-13-18)15-28-24(32)16-30-21-7-2-1-5-19(21)29-20-6-3-8-22(31)25(20)26(30)23-9-4-14-33-23/h1-2,4-5,7,9-14,26,29H,3,6,8,15-16H2,(H,28,32)/t26-/m1/s1. The highest BCUT2D eigenvalue weighted by atomic mass is 19.1. The summed E-state index contributed by atoms with van der Waals surface area (Å²) >= 11 is 0. The van der Waals surface area contributed by atoms with Gasteiger partial charge in [0.1, 0.15) is 17.6 Å². The first-order valence-corrected chi connectivity index (χ1v) is 11.0. The van der Waals surface area contributed by atoms with Gasteiger partial charge in [-0.1, -0.05) is 24.3 Å². The van der Waals surface area contributed by atoms with Crippen LogP contribution in [0.1, 0.15) is 36.6 Å². The first kappa shape index (κ1) is 21.0. The number of rotatable bonds is 5. The molecule has 0 saturated carbocycles. The fourth-order valence-electron chi connectivity index (χ4n) is 4.53. The van der Waals surface area contributed by atoms with Gasteiger partial charge in [0.15, 0.2) is 5.78 Å². The number of nitrogens with zero attached hydrogens (tertiary/aromatic N) is 1. The van der Waals surface area contributed by atoms with Gasteiger partial charge in [0.25, 0.3) is 0 Å². The molecule has 0 bridgehead atoms. The van der Waals surface area contributed by atoms with Crippen LogP contribution in [0.4, 0.5) is 15.8 Å². The Kier molecular flexibility index (Phi) is 5.69. The number of hydrogen-bond donors (Lipinski definition) is 2. The number of fused-ring (bicyclic) bond motifs is 1. The molecule has 0 unspecified atom stereocenters. The largest absolute Gasteiger partial charge is 0.467 e. The number of halogens is 1. The van der Waals surface area contributed by atoms with E-state index in [1.807, 2.05) is 35.2 Å². The monoisotopic (exact) mass is 445 g/mol. The maximum atomic E-state index is 13.2. The molecule has 1 atom stereocenters. The van der Waals surface area contributed by atoms with Crippen molar-refractivity contribution in [1.82, 2.24) is 5.32 Å². The zero-order chi connectivity index (χ0) is 22.8. The molecular weight excluding hydrogens is 421 g/mol. The number of anilines is 2. The van der Waals surface area contributed by atoms with E-state index in [0.717, 1.165) is 35.5 Å². The van der Waals surface area contributed by atoms with Crippen molar-refractivity contribution >= 4 is 23.1 Å². The molecule has 1 amide bonds. The van der Waals surface area contributed by atoms with E-state index < -0.39 is 6.04 Å². The number of hydrogen-bond acceptors (Lipinski definition) is 5. The molecule has 1 aliphatic carbocycles. The van der Waals surface area contributed by atoms with Crippen LogP contribution >= 0.6 is 0 Å². The number of para-hydroxylation sites is 2. The molecule has 0 radical (unpaired) electrons. The van der Waals surface area contributed by atoms with Gasteiger partial charge < -0.3 is 20.0 Å². The van der Waals surface area contributed by atoms with E-state index in [1.54, 1.807) is 24.5 Å². The lowest BCUT2D eigenvalue weighted by Gasteiger charge is -2.33. The van der Waals surface area contributed by atoms with Crippen molar-refractivity contribution < 1.29 is 18.4 Å². The summed E-state index contributed by atoms with van der Waals surface area (Å²) < 4.78 is 18.9. The van der Waals surface area contributed by atoms with E-state index in [0.29, 0.717) is 17.8 Å². The molecule has 0 fully saturated rings. The summed E-state index contributed by atoms with van der Waals surface area (Å²) in [5.74, 6) is 0.150. The molecule has 2 aliphatic rings. The van der Waals surface area contributed by atoms with Gasteiger partial charge in [-0.3, -0.25) is 9.59 Å². The molecule has 5 rings (SSSR count). The number of furan rings is 1. The van der Waals surface area contributed by atoms with E-state index in [1.165, 1.54) is 12.1 Å². The topological polar surface area (TPSA) is 74.6 Å². The molecule has 3 aromatic rings. The average Bonchev–Trinajstić information content (AvgIpc) is 3.30. The number of benzene rings is 2. The molecule has 2 heterocycles. The van der Waals surface area contributed by atoms with Crippen molar-refractivity contribution in [2.45, 2.75) is 31.8 Å². The predicted molar refractivity (Wildman–Crippen MR) is 123 cm³/mol. The first-order chi connectivity index (χ1) is 16.1. The lowest BCUT2D eigenvalue weighted by atomic mass is 9.88. The Hall–Kier alpha value is -3.87. The Bertz CT molecular complexity index is 1200. The summed E-state index contributed by atoms with van der Waals surface area (Å²) in [6.45, 7) is 0.306. The number of Topliss-reactive ketones (excluding diaryl/α,β-unsaturated/α-hetero) is 1. The Labute approximate surface area is 191 Å². The summed E-state index contributed by atoms with van der Waals surface area (Å²) in [5.41, 5.74) is 4.00. The number of carbonyl (C=O) groups excluding carboxylic acids is 2. The summed E-state index contributed by atoms with van der Waals surface area (Å²) in [5, 5.41) is 6.37. The predicted octanol–water partition coefficient (Wildman–Crippen LogP) is 4.72.